The van der Waals surface area contributed by atoms with Crippen LogP contribution in [0.5, 0.6) is 5.75 Å². The molecule has 4 nitrogen and oxygen atoms in total. The molecule has 0 saturated carbocycles. The third kappa shape index (κ3) is 3.81. The first-order valence-electron chi connectivity index (χ1n) is 3.34. The van der Waals surface area contributed by atoms with Crippen LogP contribution in [-0.2, 0) is 0 Å². The van der Waals surface area contributed by atoms with Gasteiger partial charge in [-0.3, -0.25) is 0 Å². The van der Waals surface area contributed by atoms with Crippen molar-refractivity contribution in [2.75, 3.05) is 5.73 Å². The van der Waals surface area contributed by atoms with Crippen LogP contribution in [0.1, 0.15) is 15.9 Å². The Morgan fingerprint density at radius 1 is 1.36 bits per heavy atom. The van der Waals surface area contributed by atoms with Crippen molar-refractivity contribution >= 4 is 70.8 Å². The van der Waals surface area contributed by atoms with Crippen LogP contribution in [0.25, 0.3) is 0 Å². The van der Waals surface area contributed by atoms with E-state index in [9.17, 15) is 9.90 Å². The molecule has 0 amide bonds. The van der Waals surface area contributed by atoms with Gasteiger partial charge < -0.3 is 15.9 Å². The molecule has 0 bridgehead atoms. The number of nitrogen functional groups attached to an aromatic ring is 1. The molecule has 0 heterocycles. The standard InChI is InChI=1S/C8H9NO3.2Na/c1-4-2-5(8(11)12)7(10)6(9)3-4;;/h2-3,10H,9H2,1H3,(H,11,12);;. The van der Waals surface area contributed by atoms with Crippen LogP contribution in [0.2, 0.25) is 0 Å². The smallest absolute Gasteiger partial charge is 0.339 e. The number of benzene rings is 1. The minimum Gasteiger partial charge on any atom is -0.505 e. The number of rotatable bonds is 1. The van der Waals surface area contributed by atoms with E-state index in [0.717, 1.165) is 0 Å². The number of nitrogens with two attached hydrogens (primary N) is 1. The number of aromatic carboxylic acids is 1. The van der Waals surface area contributed by atoms with Crippen LogP contribution in [0, 0.1) is 6.92 Å². The molecule has 0 fully saturated rings. The van der Waals surface area contributed by atoms with E-state index in [1.165, 1.54) is 12.1 Å². The molecular formula is C8H9NNa2O3. The van der Waals surface area contributed by atoms with Gasteiger partial charge in [-0.25, -0.2) is 4.79 Å². The number of aromatic hydroxyl groups is 1. The zero-order valence-corrected chi connectivity index (χ0v) is 12.5. The first-order chi connectivity index (χ1) is 5.52. The molecule has 0 aromatic heterocycles. The second kappa shape index (κ2) is 6.71. The number of carboxylic acids is 1. The van der Waals surface area contributed by atoms with Crippen LogP contribution in [-0.4, -0.2) is 75.3 Å². The third-order valence-corrected chi connectivity index (χ3v) is 1.51. The molecule has 4 N–H and O–H groups in total. The average Bonchev–Trinajstić information content (AvgIpc) is 1.96. The van der Waals surface area contributed by atoms with Crippen molar-refractivity contribution in [2.45, 2.75) is 6.92 Å². The van der Waals surface area contributed by atoms with Crippen molar-refractivity contribution in [1.29, 1.82) is 0 Å². The molecule has 0 unspecified atom stereocenters. The Morgan fingerprint density at radius 2 is 1.86 bits per heavy atom. The van der Waals surface area contributed by atoms with Crippen molar-refractivity contribution in [3.05, 3.63) is 23.3 Å². The Bertz CT molecular complexity index is 342. The van der Waals surface area contributed by atoms with Crippen molar-refractivity contribution in [2.24, 2.45) is 0 Å². The van der Waals surface area contributed by atoms with Crippen LogP contribution in [0.4, 0.5) is 5.69 Å². The predicted molar refractivity (Wildman–Crippen MR) is 55.7 cm³/mol. The van der Waals surface area contributed by atoms with E-state index in [-0.39, 0.29) is 76.1 Å². The minimum absolute atomic E-state index is 0. The van der Waals surface area contributed by atoms with Crippen LogP contribution < -0.4 is 5.73 Å². The predicted octanol–water partition coefficient (Wildman–Crippen LogP) is 0.219. The van der Waals surface area contributed by atoms with Gasteiger partial charge in [0.15, 0.2) is 5.75 Å². The number of carboxylic acid groups (broad SMARTS) is 1. The molecule has 0 atom stereocenters. The average molecular weight is 213 g/mol. The minimum atomic E-state index is -1.18. The van der Waals surface area contributed by atoms with Crippen molar-refractivity contribution < 1.29 is 15.0 Å². The maximum atomic E-state index is 10.5. The SMILES string of the molecule is Cc1cc(N)c(O)c(C(=O)O)c1.[Na].[Na]. The molecule has 0 saturated heterocycles. The molecule has 2 radical (unpaired) electrons. The molecule has 6 heteroatoms. The van der Waals surface area contributed by atoms with Gasteiger partial charge in [0.2, 0.25) is 0 Å². The molecule has 0 aliphatic carbocycles. The molecule has 0 aliphatic rings. The summed E-state index contributed by atoms with van der Waals surface area (Å²) < 4.78 is 0. The van der Waals surface area contributed by atoms with E-state index >= 15 is 0 Å². The molecule has 0 spiro atoms. The molecular weight excluding hydrogens is 204 g/mol. The molecule has 0 aliphatic heterocycles. The summed E-state index contributed by atoms with van der Waals surface area (Å²) in [6.45, 7) is 1.71. The van der Waals surface area contributed by atoms with Gasteiger partial charge in [-0.1, -0.05) is 0 Å². The number of phenols is 1. The second-order valence-corrected chi connectivity index (χ2v) is 2.56. The first-order valence-corrected chi connectivity index (χ1v) is 3.34. The number of anilines is 1. The zero-order valence-electron chi connectivity index (χ0n) is 8.53. The number of hydrogen-bond acceptors (Lipinski definition) is 3. The number of hydrogen-bond donors (Lipinski definition) is 3. The fourth-order valence-corrected chi connectivity index (χ4v) is 0.970. The normalized spacial score (nSPS) is 8.36. The summed E-state index contributed by atoms with van der Waals surface area (Å²) >= 11 is 0. The number of aryl methyl sites for hydroxylation is 1. The van der Waals surface area contributed by atoms with Crippen molar-refractivity contribution in [3.63, 3.8) is 0 Å². The second-order valence-electron chi connectivity index (χ2n) is 2.56. The van der Waals surface area contributed by atoms with E-state index in [0.29, 0.717) is 5.56 Å². The maximum Gasteiger partial charge on any atom is 0.339 e. The topological polar surface area (TPSA) is 83.5 Å². The fraction of sp³-hybridized carbons (Fsp3) is 0.125. The summed E-state index contributed by atoms with van der Waals surface area (Å²) in [5.74, 6) is -1.55. The van der Waals surface area contributed by atoms with Crippen molar-refractivity contribution in [1.82, 2.24) is 0 Å². The van der Waals surface area contributed by atoms with Crippen LogP contribution >= 0.6 is 0 Å². The van der Waals surface area contributed by atoms with E-state index < -0.39 is 5.97 Å². The van der Waals surface area contributed by atoms with Crippen LogP contribution in [0.3, 0.4) is 0 Å². The molecule has 66 valence electrons. The summed E-state index contributed by atoms with van der Waals surface area (Å²) in [4.78, 5) is 10.5. The zero-order chi connectivity index (χ0) is 9.30. The van der Waals surface area contributed by atoms with Gasteiger partial charge in [0.25, 0.3) is 0 Å². The summed E-state index contributed by atoms with van der Waals surface area (Å²) in [6, 6.07) is 2.88. The summed E-state index contributed by atoms with van der Waals surface area (Å²) in [5, 5.41) is 17.8. The maximum absolute atomic E-state index is 10.5. The molecule has 1 rings (SSSR count). The van der Waals surface area contributed by atoms with Crippen LogP contribution in [0.15, 0.2) is 12.1 Å². The summed E-state index contributed by atoms with van der Waals surface area (Å²) in [5.41, 5.74) is 5.99. The third-order valence-electron chi connectivity index (χ3n) is 1.51. The van der Waals surface area contributed by atoms with E-state index in [1.807, 2.05) is 0 Å². The van der Waals surface area contributed by atoms with Gasteiger partial charge in [-0.15, -0.1) is 0 Å². The fourth-order valence-electron chi connectivity index (χ4n) is 0.970. The van der Waals surface area contributed by atoms with Gasteiger partial charge >= 0.3 is 5.97 Å². The van der Waals surface area contributed by atoms with E-state index in [1.54, 1.807) is 6.92 Å². The van der Waals surface area contributed by atoms with E-state index in [4.69, 9.17) is 10.8 Å². The summed E-state index contributed by atoms with van der Waals surface area (Å²) in [6.07, 6.45) is 0. The largest absolute Gasteiger partial charge is 0.505 e. The molecule has 14 heavy (non-hydrogen) atoms. The van der Waals surface area contributed by atoms with Gasteiger partial charge in [0.1, 0.15) is 5.56 Å². The summed E-state index contributed by atoms with van der Waals surface area (Å²) in [7, 11) is 0. The molecule has 1 aromatic rings. The Kier molecular flexibility index (Phi) is 8.01. The van der Waals surface area contributed by atoms with E-state index in [2.05, 4.69) is 0 Å². The monoisotopic (exact) mass is 213 g/mol. The first kappa shape index (κ1) is 16.7. The number of carbonyl (C=O) groups is 1. The van der Waals surface area contributed by atoms with Crippen molar-refractivity contribution in [3.8, 4) is 5.75 Å². The quantitative estimate of drug-likeness (QED) is 0.354. The molecule has 1 aromatic carbocycles. The van der Waals surface area contributed by atoms with Gasteiger partial charge in [0.05, 0.1) is 5.69 Å². The van der Waals surface area contributed by atoms with Gasteiger partial charge in [0, 0.05) is 59.1 Å². The Labute approximate surface area is 126 Å². The van der Waals surface area contributed by atoms with Gasteiger partial charge in [-0.05, 0) is 24.6 Å². The Morgan fingerprint density at radius 3 is 2.29 bits per heavy atom. The Hall–Kier alpha value is 0.290. The van der Waals surface area contributed by atoms with Gasteiger partial charge in [-0.2, -0.15) is 0 Å². The Balaban J connectivity index is 0.